The van der Waals surface area contributed by atoms with Gasteiger partial charge >= 0.3 is 0 Å². The molecule has 1 aliphatic rings. The number of morpholine rings is 1. The molecule has 2 rings (SSSR count). The lowest BCUT2D eigenvalue weighted by Crippen LogP contribution is -2.51. The van der Waals surface area contributed by atoms with E-state index in [1.807, 2.05) is 7.05 Å². The number of ether oxygens (including phenoxy) is 2. The van der Waals surface area contributed by atoms with E-state index in [4.69, 9.17) is 21.1 Å². The second kappa shape index (κ2) is 7.64. The number of halogens is 1. The highest BCUT2D eigenvalue weighted by atomic mass is 35.5. The highest BCUT2D eigenvalue weighted by Gasteiger charge is 2.27. The Bertz CT molecular complexity index is 482. The van der Waals surface area contributed by atoms with Crippen molar-refractivity contribution in [1.29, 1.82) is 0 Å². The Morgan fingerprint density at radius 3 is 3.14 bits per heavy atom. The Labute approximate surface area is 130 Å². The minimum atomic E-state index is -0.545. The number of hydrogen-bond donors (Lipinski definition) is 1. The quantitative estimate of drug-likeness (QED) is 0.896. The van der Waals surface area contributed by atoms with Crippen LogP contribution < -0.4 is 10.1 Å². The molecule has 2 unspecified atom stereocenters. The van der Waals surface area contributed by atoms with Gasteiger partial charge in [-0.25, -0.2) is 0 Å². The number of carbonyl (C=O) groups is 1. The van der Waals surface area contributed by atoms with Crippen molar-refractivity contribution in [3.05, 3.63) is 29.3 Å². The topological polar surface area (TPSA) is 50.8 Å². The molecule has 1 aromatic carbocycles. The first-order valence-corrected chi connectivity index (χ1v) is 7.45. The van der Waals surface area contributed by atoms with Gasteiger partial charge in [0.1, 0.15) is 5.75 Å². The van der Waals surface area contributed by atoms with Gasteiger partial charge in [0.15, 0.2) is 6.10 Å². The van der Waals surface area contributed by atoms with E-state index in [0.717, 1.165) is 6.54 Å². The molecular weight excluding hydrogens is 292 g/mol. The van der Waals surface area contributed by atoms with E-state index in [1.54, 1.807) is 36.1 Å². The van der Waals surface area contributed by atoms with Crippen LogP contribution in [0.3, 0.4) is 0 Å². The first-order valence-electron chi connectivity index (χ1n) is 7.07. The Hall–Kier alpha value is -1.30. The van der Waals surface area contributed by atoms with Gasteiger partial charge in [-0.2, -0.15) is 0 Å². The molecule has 6 heteroatoms. The summed E-state index contributed by atoms with van der Waals surface area (Å²) in [5, 5.41) is 3.65. The number of likely N-dealkylation sites (N-methyl/N-ethyl adjacent to an activating group) is 1. The number of hydrogen-bond acceptors (Lipinski definition) is 4. The molecule has 116 valence electrons. The van der Waals surface area contributed by atoms with Gasteiger partial charge in [-0.3, -0.25) is 4.79 Å². The maximum absolute atomic E-state index is 12.4. The van der Waals surface area contributed by atoms with E-state index in [9.17, 15) is 4.79 Å². The Morgan fingerprint density at radius 2 is 2.43 bits per heavy atom. The van der Waals surface area contributed by atoms with Crippen LogP contribution in [0.15, 0.2) is 24.3 Å². The van der Waals surface area contributed by atoms with Crippen LogP contribution in [-0.4, -0.2) is 56.3 Å². The van der Waals surface area contributed by atoms with Crippen molar-refractivity contribution >= 4 is 17.5 Å². The molecule has 1 fully saturated rings. The Balaban J connectivity index is 1.92. The number of amides is 1. The monoisotopic (exact) mass is 312 g/mol. The predicted molar refractivity (Wildman–Crippen MR) is 81.8 cm³/mol. The third-order valence-electron chi connectivity index (χ3n) is 3.34. The normalized spacial score (nSPS) is 20.1. The summed E-state index contributed by atoms with van der Waals surface area (Å²) in [5.41, 5.74) is 0. The van der Waals surface area contributed by atoms with E-state index in [0.29, 0.717) is 30.5 Å². The van der Waals surface area contributed by atoms with Crippen molar-refractivity contribution in [3.63, 3.8) is 0 Å². The summed E-state index contributed by atoms with van der Waals surface area (Å²) in [6, 6.07) is 7.06. The third-order valence-corrected chi connectivity index (χ3v) is 3.57. The molecule has 1 N–H and O–H groups in total. The number of benzene rings is 1. The largest absolute Gasteiger partial charge is 0.481 e. The van der Waals surface area contributed by atoms with Crippen molar-refractivity contribution in [2.75, 3.05) is 33.3 Å². The number of carbonyl (C=O) groups excluding carboxylic acids is 1. The van der Waals surface area contributed by atoms with Gasteiger partial charge in [0, 0.05) is 24.7 Å². The van der Waals surface area contributed by atoms with E-state index >= 15 is 0 Å². The zero-order valence-corrected chi connectivity index (χ0v) is 13.1. The molecule has 0 aliphatic carbocycles. The summed E-state index contributed by atoms with van der Waals surface area (Å²) in [5.74, 6) is 0.572. The molecular formula is C15H21ClN2O3. The van der Waals surface area contributed by atoms with Gasteiger partial charge in [0.25, 0.3) is 5.91 Å². The molecule has 0 bridgehead atoms. The molecule has 0 spiro atoms. The van der Waals surface area contributed by atoms with Gasteiger partial charge in [-0.15, -0.1) is 0 Å². The lowest BCUT2D eigenvalue weighted by molar-refractivity contribution is -0.145. The van der Waals surface area contributed by atoms with Crippen LogP contribution in [0.4, 0.5) is 0 Å². The summed E-state index contributed by atoms with van der Waals surface area (Å²) < 4.78 is 11.3. The summed E-state index contributed by atoms with van der Waals surface area (Å²) in [6.45, 7) is 4.23. The molecule has 2 atom stereocenters. The van der Waals surface area contributed by atoms with Crippen molar-refractivity contribution in [1.82, 2.24) is 10.2 Å². The third kappa shape index (κ3) is 4.59. The standard InChI is InChI=1S/C15H21ClN2O3/c1-11(21-13-5-3-4-12(16)8-13)15(19)18-6-7-20-14(10-18)9-17-2/h3-5,8,11,14,17H,6-7,9-10H2,1-2H3. The molecule has 0 radical (unpaired) electrons. The molecule has 0 aromatic heterocycles. The Morgan fingerprint density at radius 1 is 1.62 bits per heavy atom. The SMILES string of the molecule is CNCC1CN(C(=O)C(C)Oc2cccc(Cl)c2)CCO1. The van der Waals surface area contributed by atoms with Crippen molar-refractivity contribution in [2.24, 2.45) is 0 Å². The molecule has 1 aliphatic heterocycles. The Kier molecular flexibility index (Phi) is 5.85. The average molecular weight is 313 g/mol. The first-order chi connectivity index (χ1) is 10.1. The van der Waals surface area contributed by atoms with Crippen molar-refractivity contribution in [3.8, 4) is 5.75 Å². The van der Waals surface area contributed by atoms with Crippen LogP contribution in [0.25, 0.3) is 0 Å². The summed E-state index contributed by atoms with van der Waals surface area (Å²) in [4.78, 5) is 14.2. The minimum absolute atomic E-state index is 0.0284. The van der Waals surface area contributed by atoms with Gasteiger partial charge < -0.3 is 19.7 Å². The minimum Gasteiger partial charge on any atom is -0.481 e. The van der Waals surface area contributed by atoms with Crippen LogP contribution in [0.2, 0.25) is 5.02 Å². The van der Waals surface area contributed by atoms with E-state index in [1.165, 1.54) is 0 Å². The fourth-order valence-corrected chi connectivity index (χ4v) is 2.50. The van der Waals surface area contributed by atoms with Crippen molar-refractivity contribution < 1.29 is 14.3 Å². The smallest absolute Gasteiger partial charge is 0.263 e. The lowest BCUT2D eigenvalue weighted by atomic mass is 10.2. The molecule has 1 amide bonds. The van der Waals surface area contributed by atoms with Crippen LogP contribution in [0, 0.1) is 0 Å². The van der Waals surface area contributed by atoms with Gasteiger partial charge in [0.2, 0.25) is 0 Å². The maximum Gasteiger partial charge on any atom is 0.263 e. The molecule has 5 nitrogen and oxygen atoms in total. The number of rotatable bonds is 5. The molecule has 1 heterocycles. The molecule has 1 saturated heterocycles. The number of nitrogens with zero attached hydrogens (tertiary/aromatic N) is 1. The summed E-state index contributed by atoms with van der Waals surface area (Å²) in [6.07, 6.45) is -0.511. The second-order valence-corrected chi connectivity index (χ2v) is 5.49. The summed E-state index contributed by atoms with van der Waals surface area (Å²) in [7, 11) is 1.87. The second-order valence-electron chi connectivity index (χ2n) is 5.05. The zero-order chi connectivity index (χ0) is 15.2. The first kappa shape index (κ1) is 16.1. The highest BCUT2D eigenvalue weighted by molar-refractivity contribution is 6.30. The maximum atomic E-state index is 12.4. The molecule has 1 aromatic rings. The van der Waals surface area contributed by atoms with Crippen LogP contribution in [0.5, 0.6) is 5.75 Å². The van der Waals surface area contributed by atoms with Gasteiger partial charge in [0.05, 0.1) is 12.7 Å². The average Bonchev–Trinajstić information content (AvgIpc) is 2.47. The summed E-state index contributed by atoms with van der Waals surface area (Å²) >= 11 is 5.91. The van der Waals surface area contributed by atoms with Gasteiger partial charge in [-0.05, 0) is 32.2 Å². The molecule has 21 heavy (non-hydrogen) atoms. The van der Waals surface area contributed by atoms with Crippen LogP contribution >= 0.6 is 11.6 Å². The molecule has 0 saturated carbocycles. The van der Waals surface area contributed by atoms with E-state index in [2.05, 4.69) is 5.32 Å². The van der Waals surface area contributed by atoms with Crippen molar-refractivity contribution in [2.45, 2.75) is 19.1 Å². The van der Waals surface area contributed by atoms with Crippen LogP contribution in [-0.2, 0) is 9.53 Å². The van der Waals surface area contributed by atoms with Gasteiger partial charge in [-0.1, -0.05) is 17.7 Å². The van der Waals surface area contributed by atoms with Crippen LogP contribution in [0.1, 0.15) is 6.92 Å². The lowest BCUT2D eigenvalue weighted by Gasteiger charge is -2.34. The predicted octanol–water partition coefficient (Wildman–Crippen LogP) is 1.55. The fourth-order valence-electron chi connectivity index (χ4n) is 2.32. The van der Waals surface area contributed by atoms with E-state index < -0.39 is 6.10 Å². The van der Waals surface area contributed by atoms with E-state index in [-0.39, 0.29) is 12.0 Å². The highest BCUT2D eigenvalue weighted by Crippen LogP contribution is 2.19. The zero-order valence-electron chi connectivity index (χ0n) is 12.3. The number of nitrogens with one attached hydrogen (secondary N) is 1. The fraction of sp³-hybridized carbons (Fsp3) is 0.533.